The first-order valence-electron chi connectivity index (χ1n) is 8.63. The molecule has 0 unspecified atom stereocenters. The van der Waals surface area contributed by atoms with Crippen molar-refractivity contribution in [2.24, 2.45) is 0 Å². The highest BCUT2D eigenvalue weighted by Gasteiger charge is 2.31. The van der Waals surface area contributed by atoms with E-state index in [9.17, 15) is 9.90 Å². The number of carbonyl (C=O) groups is 1. The van der Waals surface area contributed by atoms with E-state index in [-0.39, 0.29) is 12.3 Å². The van der Waals surface area contributed by atoms with Crippen LogP contribution in [0.4, 0.5) is 5.69 Å². The number of hydrogen-bond acceptors (Lipinski definition) is 3. The van der Waals surface area contributed by atoms with Gasteiger partial charge in [0.25, 0.3) is 0 Å². The summed E-state index contributed by atoms with van der Waals surface area (Å²) in [6.45, 7) is 2.41. The molecular formula is C19H26N2O2. The van der Waals surface area contributed by atoms with Gasteiger partial charge in [0.2, 0.25) is 5.91 Å². The Kier molecular flexibility index (Phi) is 5.01. The molecule has 1 aromatic carbocycles. The second-order valence-corrected chi connectivity index (χ2v) is 6.78. The van der Waals surface area contributed by atoms with Crippen LogP contribution in [0.3, 0.4) is 0 Å². The molecule has 23 heavy (non-hydrogen) atoms. The maximum Gasteiger partial charge on any atom is 0.223 e. The summed E-state index contributed by atoms with van der Waals surface area (Å²) in [7, 11) is 0. The molecule has 0 radical (unpaired) electrons. The van der Waals surface area contributed by atoms with Gasteiger partial charge in [-0.15, -0.1) is 0 Å². The second kappa shape index (κ2) is 7.18. The van der Waals surface area contributed by atoms with Crippen molar-refractivity contribution >= 4 is 11.6 Å². The minimum absolute atomic E-state index is 0.0531. The van der Waals surface area contributed by atoms with E-state index in [1.54, 1.807) is 0 Å². The molecule has 124 valence electrons. The predicted octanol–water partition coefficient (Wildman–Crippen LogP) is 2.76. The highest BCUT2D eigenvalue weighted by molar-refractivity contribution is 5.77. The molecule has 0 bridgehead atoms. The zero-order chi connectivity index (χ0) is 16.1. The van der Waals surface area contributed by atoms with E-state index in [0.29, 0.717) is 6.54 Å². The second-order valence-electron chi connectivity index (χ2n) is 6.78. The average molecular weight is 314 g/mol. The van der Waals surface area contributed by atoms with Crippen LogP contribution in [0.1, 0.15) is 44.1 Å². The summed E-state index contributed by atoms with van der Waals surface area (Å²) in [5.74, 6) is -0.0531. The van der Waals surface area contributed by atoms with Gasteiger partial charge in [0.1, 0.15) is 0 Å². The summed E-state index contributed by atoms with van der Waals surface area (Å²) in [6, 6.07) is 8.29. The van der Waals surface area contributed by atoms with E-state index < -0.39 is 5.60 Å². The lowest BCUT2D eigenvalue weighted by atomic mass is 9.82. The summed E-state index contributed by atoms with van der Waals surface area (Å²) in [4.78, 5) is 14.4. The van der Waals surface area contributed by atoms with E-state index >= 15 is 0 Å². The van der Waals surface area contributed by atoms with Crippen LogP contribution in [0, 0.1) is 0 Å². The highest BCUT2D eigenvalue weighted by atomic mass is 16.3. The van der Waals surface area contributed by atoms with Gasteiger partial charge in [-0.2, -0.15) is 0 Å². The van der Waals surface area contributed by atoms with Crippen molar-refractivity contribution in [2.75, 3.05) is 18.0 Å². The Balaban J connectivity index is 1.51. The summed E-state index contributed by atoms with van der Waals surface area (Å²) in [5.41, 5.74) is 1.50. The van der Waals surface area contributed by atoms with Crippen molar-refractivity contribution in [1.29, 1.82) is 0 Å². The van der Waals surface area contributed by atoms with Crippen LogP contribution in [0.15, 0.2) is 36.4 Å². The van der Waals surface area contributed by atoms with Gasteiger partial charge in [0.05, 0.1) is 12.0 Å². The van der Waals surface area contributed by atoms with E-state index in [0.717, 1.165) is 44.3 Å². The molecule has 1 aliphatic carbocycles. The van der Waals surface area contributed by atoms with Crippen LogP contribution < -0.4 is 10.2 Å². The molecule has 1 aliphatic heterocycles. The van der Waals surface area contributed by atoms with Crippen LogP contribution in [0.5, 0.6) is 0 Å². The lowest BCUT2D eigenvalue weighted by Gasteiger charge is -2.31. The van der Waals surface area contributed by atoms with Crippen LogP contribution in [0.25, 0.3) is 0 Å². The van der Waals surface area contributed by atoms with Crippen molar-refractivity contribution < 1.29 is 9.90 Å². The fraction of sp³-hybridized carbons (Fsp3) is 0.526. The number of carbonyl (C=O) groups excluding carboxylic acids is 1. The van der Waals surface area contributed by atoms with E-state index in [1.165, 1.54) is 12.1 Å². The summed E-state index contributed by atoms with van der Waals surface area (Å²) in [6.07, 6.45) is 9.27. The quantitative estimate of drug-likeness (QED) is 0.822. The maximum atomic E-state index is 12.1. The Bertz CT molecular complexity index is 568. The number of nitrogens with zero attached hydrogens (tertiary/aromatic N) is 1. The zero-order valence-electron chi connectivity index (χ0n) is 13.6. The summed E-state index contributed by atoms with van der Waals surface area (Å²) >= 11 is 0. The molecule has 1 saturated carbocycles. The Morgan fingerprint density at radius 3 is 2.65 bits per heavy atom. The fourth-order valence-corrected chi connectivity index (χ4v) is 3.50. The first-order valence-corrected chi connectivity index (χ1v) is 8.63. The molecule has 0 spiro atoms. The summed E-state index contributed by atoms with van der Waals surface area (Å²) < 4.78 is 0. The highest BCUT2D eigenvalue weighted by Crippen LogP contribution is 2.30. The van der Waals surface area contributed by atoms with Crippen molar-refractivity contribution in [3.8, 4) is 0 Å². The van der Waals surface area contributed by atoms with Gasteiger partial charge in [0.15, 0.2) is 0 Å². The van der Waals surface area contributed by atoms with E-state index in [4.69, 9.17) is 0 Å². The molecule has 1 amide bonds. The largest absolute Gasteiger partial charge is 0.389 e. The molecule has 4 heteroatoms. The van der Waals surface area contributed by atoms with Gasteiger partial charge in [0, 0.05) is 25.3 Å². The van der Waals surface area contributed by atoms with Crippen LogP contribution in [-0.4, -0.2) is 29.7 Å². The van der Waals surface area contributed by atoms with Crippen LogP contribution in [-0.2, 0) is 11.3 Å². The van der Waals surface area contributed by atoms with Gasteiger partial charge in [-0.25, -0.2) is 0 Å². The number of rotatable bonds is 5. The standard InChI is InChI=1S/C19H26N2O2/c22-18(14-19(23)9-2-1-3-10-19)20-15-16-7-6-8-17(13-16)21-11-4-5-12-21/h4-8,13,23H,1-3,9-12,14-15H2,(H,20,22). The minimum Gasteiger partial charge on any atom is -0.389 e. The Hall–Kier alpha value is -1.81. The molecular weight excluding hydrogens is 288 g/mol. The molecule has 0 atom stereocenters. The van der Waals surface area contributed by atoms with Crippen molar-refractivity contribution in [3.05, 3.63) is 42.0 Å². The molecule has 1 aromatic rings. The van der Waals surface area contributed by atoms with Crippen molar-refractivity contribution in [1.82, 2.24) is 5.32 Å². The number of benzene rings is 1. The molecule has 4 nitrogen and oxygen atoms in total. The topological polar surface area (TPSA) is 52.6 Å². The lowest BCUT2D eigenvalue weighted by molar-refractivity contribution is -0.127. The first-order chi connectivity index (χ1) is 11.1. The van der Waals surface area contributed by atoms with Gasteiger partial charge in [-0.3, -0.25) is 4.79 Å². The smallest absolute Gasteiger partial charge is 0.223 e. The van der Waals surface area contributed by atoms with Gasteiger partial charge >= 0.3 is 0 Å². The monoisotopic (exact) mass is 314 g/mol. The molecule has 1 fully saturated rings. The number of aliphatic hydroxyl groups is 1. The number of amides is 1. The Labute approximate surface area is 138 Å². The minimum atomic E-state index is -0.786. The first kappa shape index (κ1) is 16.1. The number of nitrogens with one attached hydrogen (secondary N) is 1. The lowest BCUT2D eigenvalue weighted by Crippen LogP contribution is -2.38. The van der Waals surface area contributed by atoms with E-state index in [1.807, 2.05) is 12.1 Å². The molecule has 2 aliphatic rings. The third kappa shape index (κ3) is 4.35. The number of anilines is 1. The van der Waals surface area contributed by atoms with Gasteiger partial charge in [-0.05, 0) is 30.5 Å². The normalized spacial score (nSPS) is 19.8. The molecule has 0 saturated heterocycles. The van der Waals surface area contributed by atoms with Crippen LogP contribution in [0.2, 0.25) is 0 Å². The third-order valence-electron chi connectivity index (χ3n) is 4.86. The molecule has 0 aromatic heterocycles. The maximum absolute atomic E-state index is 12.1. The van der Waals surface area contributed by atoms with Gasteiger partial charge in [-0.1, -0.05) is 43.5 Å². The third-order valence-corrected chi connectivity index (χ3v) is 4.86. The van der Waals surface area contributed by atoms with Crippen molar-refractivity contribution in [3.63, 3.8) is 0 Å². The Morgan fingerprint density at radius 2 is 1.91 bits per heavy atom. The average Bonchev–Trinajstić information content (AvgIpc) is 3.08. The Morgan fingerprint density at radius 1 is 1.17 bits per heavy atom. The van der Waals surface area contributed by atoms with Crippen LogP contribution >= 0.6 is 0 Å². The molecule has 1 heterocycles. The fourth-order valence-electron chi connectivity index (χ4n) is 3.50. The summed E-state index contributed by atoms with van der Waals surface area (Å²) in [5, 5.41) is 13.4. The van der Waals surface area contributed by atoms with Gasteiger partial charge < -0.3 is 15.3 Å². The predicted molar refractivity (Wildman–Crippen MR) is 92.3 cm³/mol. The molecule has 2 N–H and O–H groups in total. The molecule has 3 rings (SSSR count). The SMILES string of the molecule is O=C(CC1(O)CCCCC1)NCc1cccc(N2CC=CC2)c1. The van der Waals surface area contributed by atoms with E-state index in [2.05, 4.69) is 34.5 Å². The zero-order valence-corrected chi connectivity index (χ0v) is 13.6. The number of hydrogen-bond donors (Lipinski definition) is 2. The van der Waals surface area contributed by atoms with Crippen molar-refractivity contribution in [2.45, 2.75) is 50.7 Å².